The smallest absolute Gasteiger partial charge is 0.352 e. The molecule has 12 heteroatoms. The highest BCUT2D eigenvalue weighted by molar-refractivity contribution is 7.89. The summed E-state index contributed by atoms with van der Waals surface area (Å²) in [7, 11) is -3.90. The topological polar surface area (TPSA) is 147 Å². The van der Waals surface area contributed by atoms with Crippen molar-refractivity contribution in [2.24, 2.45) is 16.6 Å². The largest absolute Gasteiger partial charge is 0.435 e. The molecule has 0 radical (unpaired) electrons. The Morgan fingerprint density at radius 3 is 1.93 bits per heavy atom. The molecule has 2 amide bonds. The van der Waals surface area contributed by atoms with E-state index in [1.54, 1.807) is 24.3 Å². The molecule has 3 rings (SSSR count). The van der Waals surface area contributed by atoms with Gasteiger partial charge in [-0.3, -0.25) is 0 Å². The summed E-state index contributed by atoms with van der Waals surface area (Å²) in [4.78, 5) is 8.86. The number of aromatic nitrogens is 2. The third kappa shape index (κ3) is 5.81. The van der Waals surface area contributed by atoms with Gasteiger partial charge in [0.25, 0.3) is 0 Å². The third-order valence-corrected chi connectivity index (χ3v) is 4.69. The van der Waals surface area contributed by atoms with Crippen LogP contribution in [0.15, 0.2) is 59.5 Å². The zero-order valence-electron chi connectivity index (χ0n) is 15.6. The molecule has 30 heavy (non-hydrogen) atoms. The van der Waals surface area contributed by atoms with Crippen molar-refractivity contribution < 1.29 is 26.4 Å². The summed E-state index contributed by atoms with van der Waals surface area (Å²) in [6, 6.07) is 12.2. The van der Waals surface area contributed by atoms with Crippen molar-refractivity contribution >= 4 is 16.1 Å². The van der Waals surface area contributed by atoms with Crippen LogP contribution in [0.1, 0.15) is 11.3 Å². The molecule has 3 aromatic rings. The molecule has 0 aliphatic carbocycles. The number of rotatable bonds is 3. The maximum Gasteiger partial charge on any atom is 0.435 e. The third-order valence-electron chi connectivity index (χ3n) is 3.76. The van der Waals surface area contributed by atoms with Crippen LogP contribution in [-0.2, 0) is 16.2 Å². The van der Waals surface area contributed by atoms with Gasteiger partial charge in [0.05, 0.1) is 16.3 Å². The molecular formula is C18H18F3N5O3S. The quantitative estimate of drug-likeness (QED) is 0.573. The van der Waals surface area contributed by atoms with Gasteiger partial charge >= 0.3 is 12.2 Å². The average molecular weight is 441 g/mol. The average Bonchev–Trinajstić information content (AvgIpc) is 3.07. The molecule has 0 aliphatic heterocycles. The summed E-state index contributed by atoms with van der Waals surface area (Å²) in [5.74, 6) is 0. The summed E-state index contributed by atoms with van der Waals surface area (Å²) >= 11 is 0. The van der Waals surface area contributed by atoms with Crippen molar-refractivity contribution in [3.63, 3.8) is 0 Å². The molecule has 0 atom stereocenters. The van der Waals surface area contributed by atoms with Crippen molar-refractivity contribution in [1.29, 1.82) is 0 Å². The number of amides is 2. The van der Waals surface area contributed by atoms with Crippen molar-refractivity contribution in [1.82, 2.24) is 9.78 Å². The minimum absolute atomic E-state index is 0.138. The molecule has 6 N–H and O–H groups in total. The number of hydrogen-bond acceptors (Lipinski definition) is 4. The van der Waals surface area contributed by atoms with Gasteiger partial charge in [0, 0.05) is 5.56 Å². The Labute approximate surface area is 170 Å². The van der Waals surface area contributed by atoms with E-state index in [0.29, 0.717) is 5.56 Å². The van der Waals surface area contributed by atoms with Crippen LogP contribution in [0.5, 0.6) is 0 Å². The second-order valence-corrected chi connectivity index (χ2v) is 7.69. The molecule has 0 saturated carbocycles. The minimum atomic E-state index is -4.61. The Kier molecular flexibility index (Phi) is 6.53. The van der Waals surface area contributed by atoms with E-state index in [4.69, 9.17) is 9.93 Å². The van der Waals surface area contributed by atoms with Crippen LogP contribution >= 0.6 is 0 Å². The summed E-state index contributed by atoms with van der Waals surface area (Å²) in [5.41, 5.74) is 9.50. The van der Waals surface area contributed by atoms with E-state index in [0.717, 1.165) is 16.3 Å². The van der Waals surface area contributed by atoms with Gasteiger partial charge in [-0.15, -0.1) is 0 Å². The fourth-order valence-electron chi connectivity index (χ4n) is 2.42. The van der Waals surface area contributed by atoms with Gasteiger partial charge < -0.3 is 11.5 Å². The predicted molar refractivity (Wildman–Crippen MR) is 104 cm³/mol. The molecule has 0 unspecified atom stereocenters. The predicted octanol–water partition coefficient (Wildman–Crippen LogP) is 2.54. The summed E-state index contributed by atoms with van der Waals surface area (Å²) in [6.45, 7) is 1.87. The van der Waals surface area contributed by atoms with E-state index in [9.17, 15) is 21.6 Å². The Balaban J connectivity index is 0.000000735. The number of nitrogens with two attached hydrogens (primary N) is 3. The van der Waals surface area contributed by atoms with Crippen LogP contribution in [0.3, 0.4) is 0 Å². The fraction of sp³-hybridized carbons (Fsp3) is 0.111. The van der Waals surface area contributed by atoms with Gasteiger partial charge in [0.1, 0.15) is 0 Å². The van der Waals surface area contributed by atoms with Gasteiger partial charge in [0.15, 0.2) is 5.69 Å². The van der Waals surface area contributed by atoms with Crippen LogP contribution in [0.2, 0.25) is 0 Å². The Hall–Kier alpha value is -3.38. The van der Waals surface area contributed by atoms with E-state index in [1.165, 1.54) is 24.3 Å². The Morgan fingerprint density at radius 2 is 1.50 bits per heavy atom. The monoisotopic (exact) mass is 441 g/mol. The molecule has 1 aromatic heterocycles. The lowest BCUT2D eigenvalue weighted by atomic mass is 10.1. The number of aryl methyl sites for hydroxylation is 1. The molecule has 160 valence electrons. The number of halogens is 3. The first-order valence-corrected chi connectivity index (χ1v) is 9.76. The van der Waals surface area contributed by atoms with Crippen LogP contribution < -0.4 is 16.6 Å². The van der Waals surface area contributed by atoms with E-state index in [1.807, 2.05) is 6.92 Å². The normalized spacial score (nSPS) is 11.5. The van der Waals surface area contributed by atoms with E-state index >= 15 is 0 Å². The Morgan fingerprint density at radius 1 is 1.00 bits per heavy atom. The highest BCUT2D eigenvalue weighted by Gasteiger charge is 2.35. The van der Waals surface area contributed by atoms with Crippen molar-refractivity contribution in [3.8, 4) is 16.9 Å². The van der Waals surface area contributed by atoms with E-state index in [2.05, 4.69) is 16.6 Å². The first kappa shape index (κ1) is 22.9. The van der Waals surface area contributed by atoms with E-state index < -0.39 is 27.9 Å². The number of nitrogens with zero attached hydrogens (tertiary/aromatic N) is 2. The van der Waals surface area contributed by atoms with Crippen LogP contribution in [-0.4, -0.2) is 24.2 Å². The van der Waals surface area contributed by atoms with Gasteiger partial charge in [-0.25, -0.2) is 23.0 Å². The maximum atomic E-state index is 13.1. The number of carbonyl (C=O) groups is 1. The molecule has 0 bridgehead atoms. The molecule has 0 spiro atoms. The number of carbonyl (C=O) groups excluding carboxylic acids is 1. The first-order chi connectivity index (χ1) is 13.8. The number of primary amides is 2. The fourth-order valence-corrected chi connectivity index (χ4v) is 2.94. The SMILES string of the molecule is Cc1ccc(-c2cc(C(F)(F)F)nn2-c2ccc(S(N)(=O)=O)cc2)cc1.NC(N)=O. The molecule has 2 aromatic carbocycles. The van der Waals surface area contributed by atoms with Gasteiger partial charge in [0.2, 0.25) is 10.0 Å². The highest BCUT2D eigenvalue weighted by atomic mass is 32.2. The second-order valence-electron chi connectivity index (χ2n) is 6.13. The maximum absolute atomic E-state index is 13.1. The van der Waals surface area contributed by atoms with Crippen molar-refractivity contribution in [2.75, 3.05) is 0 Å². The standard InChI is InChI=1S/C17H14F3N3O2S.CH4N2O/c1-11-2-4-12(5-3-11)15-10-16(17(18,19)20)22-23(15)13-6-8-14(9-7-13)26(21,24)25;2-1(3)4/h2-10H,1H3,(H2,21,24,25);(H4,2,3,4). The molecule has 0 saturated heterocycles. The highest BCUT2D eigenvalue weighted by Crippen LogP contribution is 2.33. The zero-order valence-corrected chi connectivity index (χ0v) is 16.4. The second kappa shape index (κ2) is 8.55. The number of primary sulfonamides is 1. The number of hydrogen-bond donors (Lipinski definition) is 3. The molecule has 1 heterocycles. The summed E-state index contributed by atoms with van der Waals surface area (Å²) < 4.78 is 63.2. The van der Waals surface area contributed by atoms with Gasteiger partial charge in [-0.2, -0.15) is 18.3 Å². The summed E-state index contributed by atoms with van der Waals surface area (Å²) in [5, 5.41) is 8.70. The first-order valence-electron chi connectivity index (χ1n) is 8.21. The summed E-state index contributed by atoms with van der Waals surface area (Å²) in [6.07, 6.45) is -4.61. The molecule has 0 fully saturated rings. The van der Waals surface area contributed by atoms with Crippen LogP contribution in [0, 0.1) is 6.92 Å². The van der Waals surface area contributed by atoms with Crippen molar-refractivity contribution in [2.45, 2.75) is 18.0 Å². The number of benzene rings is 2. The zero-order chi connectivity index (χ0) is 22.7. The van der Waals surface area contributed by atoms with Gasteiger partial charge in [-0.1, -0.05) is 29.8 Å². The molecular weight excluding hydrogens is 423 g/mol. The van der Waals surface area contributed by atoms with Crippen LogP contribution in [0.25, 0.3) is 16.9 Å². The lowest BCUT2D eigenvalue weighted by Gasteiger charge is -2.09. The van der Waals surface area contributed by atoms with Crippen LogP contribution in [0.4, 0.5) is 18.0 Å². The van der Waals surface area contributed by atoms with E-state index in [-0.39, 0.29) is 16.3 Å². The number of alkyl halides is 3. The lowest BCUT2D eigenvalue weighted by Crippen LogP contribution is -2.18. The lowest BCUT2D eigenvalue weighted by molar-refractivity contribution is -0.141. The number of sulfonamides is 1. The van der Waals surface area contributed by atoms with Gasteiger partial charge in [-0.05, 0) is 37.3 Å². The minimum Gasteiger partial charge on any atom is -0.352 e. The molecule has 8 nitrogen and oxygen atoms in total. The number of urea groups is 1. The Bertz CT molecular complexity index is 1140. The van der Waals surface area contributed by atoms with Crippen molar-refractivity contribution in [3.05, 3.63) is 65.9 Å². The molecule has 0 aliphatic rings.